The largest absolute Gasteiger partial charge is 0.496 e. The molecular weight excluding hydrogens is 274 g/mol. The minimum atomic E-state index is -0.403. The third-order valence-electron chi connectivity index (χ3n) is 5.02. The number of aliphatic hydroxyl groups is 1. The number of methoxy groups -OCH3 is 1. The number of fused-ring (bicyclic) bond motifs is 1. The van der Waals surface area contributed by atoms with Gasteiger partial charge in [0.2, 0.25) is 0 Å². The number of nitrogens with two attached hydrogens (primary N) is 1. The lowest BCUT2D eigenvalue weighted by Crippen LogP contribution is -2.32. The summed E-state index contributed by atoms with van der Waals surface area (Å²) in [7, 11) is 1.64. The summed E-state index contributed by atoms with van der Waals surface area (Å²) in [5, 5.41) is 11.4. The van der Waals surface area contributed by atoms with Gasteiger partial charge in [0.25, 0.3) is 0 Å². The van der Waals surface area contributed by atoms with E-state index in [-0.39, 0.29) is 5.92 Å². The van der Waals surface area contributed by atoms with E-state index in [0.29, 0.717) is 17.5 Å². The summed E-state index contributed by atoms with van der Waals surface area (Å²) in [5.41, 5.74) is 6.86. The smallest absolute Gasteiger partial charge is 0.122 e. The summed E-state index contributed by atoms with van der Waals surface area (Å²) in [4.78, 5) is 0. The Balaban J connectivity index is 1.83. The molecule has 4 unspecified atom stereocenters. The number of hydrogen-bond acceptors (Lipinski definition) is 3. The van der Waals surface area contributed by atoms with Gasteiger partial charge in [0.15, 0.2) is 0 Å². The minimum Gasteiger partial charge on any atom is -0.496 e. The summed E-state index contributed by atoms with van der Waals surface area (Å²) < 4.78 is 5.40. The van der Waals surface area contributed by atoms with Crippen molar-refractivity contribution in [3.8, 4) is 5.75 Å². The molecular formula is C16H22ClNO2. The minimum absolute atomic E-state index is 0.105. The first kappa shape index (κ1) is 14.2. The number of benzene rings is 1. The molecule has 3 rings (SSSR count). The van der Waals surface area contributed by atoms with E-state index in [1.54, 1.807) is 13.2 Å². The molecule has 0 bridgehead atoms. The molecule has 0 aromatic heterocycles. The highest BCUT2D eigenvalue weighted by molar-refractivity contribution is 6.30. The zero-order valence-corrected chi connectivity index (χ0v) is 12.5. The fraction of sp³-hybridized carbons (Fsp3) is 0.625. The van der Waals surface area contributed by atoms with Gasteiger partial charge in [-0.1, -0.05) is 11.6 Å². The van der Waals surface area contributed by atoms with Crippen molar-refractivity contribution in [2.75, 3.05) is 13.7 Å². The highest BCUT2D eigenvalue weighted by atomic mass is 35.5. The molecule has 2 saturated carbocycles. The van der Waals surface area contributed by atoms with E-state index in [2.05, 4.69) is 0 Å². The van der Waals surface area contributed by atoms with Gasteiger partial charge in [0, 0.05) is 23.0 Å². The molecule has 0 amide bonds. The summed E-state index contributed by atoms with van der Waals surface area (Å²) in [6, 6.07) is 5.52. The van der Waals surface area contributed by atoms with Crippen molar-refractivity contribution >= 4 is 11.6 Å². The summed E-state index contributed by atoms with van der Waals surface area (Å²) in [5.74, 6) is 2.73. The van der Waals surface area contributed by atoms with E-state index in [1.807, 2.05) is 12.1 Å². The van der Waals surface area contributed by atoms with Crippen LogP contribution in [0.25, 0.3) is 0 Å². The van der Waals surface area contributed by atoms with Crippen LogP contribution in [0.4, 0.5) is 0 Å². The molecule has 0 saturated heterocycles. The van der Waals surface area contributed by atoms with Crippen molar-refractivity contribution in [1.29, 1.82) is 0 Å². The number of rotatable bonds is 5. The van der Waals surface area contributed by atoms with Gasteiger partial charge in [0.1, 0.15) is 5.75 Å². The van der Waals surface area contributed by atoms with Gasteiger partial charge in [-0.15, -0.1) is 0 Å². The lowest BCUT2D eigenvalue weighted by atomic mass is 9.83. The van der Waals surface area contributed by atoms with Gasteiger partial charge >= 0.3 is 0 Å². The maximum absolute atomic E-state index is 10.7. The van der Waals surface area contributed by atoms with Crippen molar-refractivity contribution in [3.63, 3.8) is 0 Å². The Morgan fingerprint density at radius 2 is 2.05 bits per heavy atom. The molecule has 0 heterocycles. The summed E-state index contributed by atoms with van der Waals surface area (Å²) in [6.45, 7) is 0.406. The van der Waals surface area contributed by atoms with Gasteiger partial charge in [-0.25, -0.2) is 0 Å². The molecule has 2 aliphatic rings. The Kier molecular flexibility index (Phi) is 3.93. The average molecular weight is 296 g/mol. The maximum atomic E-state index is 10.7. The first-order valence-corrected chi connectivity index (χ1v) is 7.73. The van der Waals surface area contributed by atoms with Crippen molar-refractivity contribution in [2.45, 2.75) is 31.3 Å². The molecule has 4 heteroatoms. The Morgan fingerprint density at radius 3 is 2.65 bits per heavy atom. The lowest BCUT2D eigenvalue weighted by molar-refractivity contribution is 0.0782. The molecule has 2 aliphatic carbocycles. The molecule has 1 aromatic carbocycles. The van der Waals surface area contributed by atoms with Gasteiger partial charge in [-0.05, 0) is 55.2 Å². The molecule has 0 spiro atoms. The maximum Gasteiger partial charge on any atom is 0.122 e. The number of halogens is 1. The quantitative estimate of drug-likeness (QED) is 0.878. The van der Waals surface area contributed by atoms with Crippen LogP contribution in [-0.2, 0) is 0 Å². The van der Waals surface area contributed by atoms with Gasteiger partial charge in [-0.3, -0.25) is 0 Å². The second-order valence-electron chi connectivity index (χ2n) is 6.21. The van der Waals surface area contributed by atoms with Crippen LogP contribution in [0.15, 0.2) is 18.2 Å². The molecule has 110 valence electrons. The molecule has 3 nitrogen and oxygen atoms in total. The molecule has 2 fully saturated rings. The van der Waals surface area contributed by atoms with Gasteiger partial charge in [0.05, 0.1) is 13.2 Å². The van der Waals surface area contributed by atoms with Crippen LogP contribution in [0.2, 0.25) is 5.02 Å². The van der Waals surface area contributed by atoms with E-state index < -0.39 is 6.10 Å². The SMILES string of the molecule is COc1ccc(Cl)cc1C(CN)C(O)C1CC2CC2C1. The Labute approximate surface area is 125 Å². The first-order chi connectivity index (χ1) is 9.63. The van der Waals surface area contributed by atoms with Crippen LogP contribution in [0, 0.1) is 17.8 Å². The Hall–Kier alpha value is -0.770. The van der Waals surface area contributed by atoms with Crippen LogP contribution in [-0.4, -0.2) is 24.9 Å². The Morgan fingerprint density at radius 1 is 1.35 bits per heavy atom. The lowest BCUT2D eigenvalue weighted by Gasteiger charge is -2.29. The van der Waals surface area contributed by atoms with Crippen molar-refractivity contribution in [1.82, 2.24) is 0 Å². The molecule has 3 N–H and O–H groups in total. The van der Waals surface area contributed by atoms with Crippen molar-refractivity contribution < 1.29 is 9.84 Å². The second-order valence-corrected chi connectivity index (χ2v) is 6.64. The molecule has 20 heavy (non-hydrogen) atoms. The van der Waals surface area contributed by atoms with E-state index in [4.69, 9.17) is 22.1 Å². The van der Waals surface area contributed by atoms with E-state index in [0.717, 1.165) is 36.0 Å². The molecule has 0 aliphatic heterocycles. The number of hydrogen-bond donors (Lipinski definition) is 2. The van der Waals surface area contributed by atoms with E-state index in [9.17, 15) is 5.11 Å². The second kappa shape index (κ2) is 5.55. The third-order valence-corrected chi connectivity index (χ3v) is 5.26. The van der Waals surface area contributed by atoms with Crippen molar-refractivity contribution in [2.24, 2.45) is 23.5 Å². The molecule has 4 atom stereocenters. The predicted octanol–water partition coefficient (Wildman–Crippen LogP) is 2.80. The van der Waals surface area contributed by atoms with Crippen molar-refractivity contribution in [3.05, 3.63) is 28.8 Å². The zero-order valence-electron chi connectivity index (χ0n) is 11.8. The topological polar surface area (TPSA) is 55.5 Å². The van der Waals surface area contributed by atoms with Crippen LogP contribution >= 0.6 is 11.6 Å². The zero-order chi connectivity index (χ0) is 14.3. The normalized spacial score (nSPS) is 30.7. The van der Waals surface area contributed by atoms with E-state index >= 15 is 0 Å². The monoisotopic (exact) mass is 295 g/mol. The van der Waals surface area contributed by atoms with Crippen LogP contribution in [0.5, 0.6) is 5.75 Å². The average Bonchev–Trinajstić information content (AvgIpc) is 3.06. The first-order valence-electron chi connectivity index (χ1n) is 7.35. The standard InChI is InChI=1S/C16H22ClNO2/c1-20-15-3-2-12(17)7-13(15)14(8-18)16(19)11-5-9-4-10(9)6-11/h2-3,7,9-11,14,16,19H,4-6,8,18H2,1H3. The fourth-order valence-electron chi connectivity index (χ4n) is 3.81. The predicted molar refractivity (Wildman–Crippen MR) is 80.1 cm³/mol. The van der Waals surface area contributed by atoms with Gasteiger partial charge in [-0.2, -0.15) is 0 Å². The summed E-state index contributed by atoms with van der Waals surface area (Å²) >= 11 is 6.09. The Bertz CT molecular complexity index is 483. The van der Waals surface area contributed by atoms with Crippen LogP contribution in [0.1, 0.15) is 30.7 Å². The highest BCUT2D eigenvalue weighted by Crippen LogP contribution is 2.56. The third kappa shape index (κ3) is 2.54. The number of ether oxygens (including phenoxy) is 1. The van der Waals surface area contributed by atoms with E-state index in [1.165, 1.54) is 6.42 Å². The van der Waals surface area contributed by atoms with Crippen LogP contribution in [0.3, 0.4) is 0 Å². The van der Waals surface area contributed by atoms with Gasteiger partial charge < -0.3 is 15.6 Å². The molecule has 1 aromatic rings. The highest BCUT2D eigenvalue weighted by Gasteiger charge is 2.48. The fourth-order valence-corrected chi connectivity index (χ4v) is 3.99. The summed E-state index contributed by atoms with van der Waals surface area (Å²) in [6.07, 6.45) is 3.24. The molecule has 0 radical (unpaired) electrons. The number of aliphatic hydroxyl groups excluding tert-OH is 1. The van der Waals surface area contributed by atoms with Crippen LogP contribution < -0.4 is 10.5 Å².